The molecule has 3 aromatic rings. The molecular formula is C20H24N6O2S. The van der Waals surface area contributed by atoms with Crippen molar-refractivity contribution in [2.45, 2.75) is 31.7 Å². The standard InChI is InChI=1S/C20H24N6O2S/c1-14-18(15(2)25-24-14)8-9-21-19(27)12-26-11-16(10-22-26)23-20(28)13-29-17-6-4-3-5-7-17/h3-7,10-11H,8-9,12-13H2,1-2H3,(H,21,27)(H,23,28)(H,24,25). The number of H-pyrrole nitrogens is 1. The Labute approximate surface area is 173 Å². The van der Waals surface area contributed by atoms with Gasteiger partial charge in [-0.1, -0.05) is 18.2 Å². The molecule has 0 unspecified atom stereocenters. The molecule has 0 fully saturated rings. The van der Waals surface area contributed by atoms with Crippen LogP contribution in [0.1, 0.15) is 17.0 Å². The van der Waals surface area contributed by atoms with Gasteiger partial charge in [-0.05, 0) is 38.0 Å². The van der Waals surface area contributed by atoms with Crippen molar-refractivity contribution in [2.24, 2.45) is 0 Å². The van der Waals surface area contributed by atoms with Crippen molar-refractivity contribution in [1.29, 1.82) is 0 Å². The Morgan fingerprint density at radius 2 is 1.97 bits per heavy atom. The third-order valence-corrected chi connectivity index (χ3v) is 5.33. The van der Waals surface area contributed by atoms with Crippen LogP contribution in [-0.4, -0.2) is 44.1 Å². The number of aromatic amines is 1. The fraction of sp³-hybridized carbons (Fsp3) is 0.300. The van der Waals surface area contributed by atoms with Crippen molar-refractivity contribution in [3.63, 3.8) is 0 Å². The number of hydrogen-bond acceptors (Lipinski definition) is 5. The maximum atomic E-state index is 12.1. The average Bonchev–Trinajstić information content (AvgIpc) is 3.27. The van der Waals surface area contributed by atoms with Crippen molar-refractivity contribution in [3.8, 4) is 0 Å². The van der Waals surface area contributed by atoms with Gasteiger partial charge in [0, 0.05) is 23.3 Å². The zero-order chi connectivity index (χ0) is 20.6. The number of nitrogens with one attached hydrogen (secondary N) is 3. The number of thioether (sulfide) groups is 1. The lowest BCUT2D eigenvalue weighted by atomic mass is 10.1. The Kier molecular flexibility index (Phi) is 7.07. The predicted molar refractivity (Wildman–Crippen MR) is 113 cm³/mol. The smallest absolute Gasteiger partial charge is 0.241 e. The summed E-state index contributed by atoms with van der Waals surface area (Å²) in [5.41, 5.74) is 3.67. The van der Waals surface area contributed by atoms with E-state index in [4.69, 9.17) is 0 Å². The number of aromatic nitrogens is 4. The summed E-state index contributed by atoms with van der Waals surface area (Å²) in [5, 5.41) is 16.9. The molecule has 0 saturated carbocycles. The number of carbonyl (C=O) groups excluding carboxylic acids is 2. The summed E-state index contributed by atoms with van der Waals surface area (Å²) in [5.74, 6) is 0.0563. The molecule has 152 valence electrons. The first-order valence-corrected chi connectivity index (χ1v) is 10.3. The normalized spacial score (nSPS) is 10.7. The van der Waals surface area contributed by atoms with E-state index in [-0.39, 0.29) is 18.4 Å². The van der Waals surface area contributed by atoms with Crippen LogP contribution in [0.3, 0.4) is 0 Å². The minimum atomic E-state index is -0.135. The van der Waals surface area contributed by atoms with Gasteiger partial charge < -0.3 is 10.6 Å². The van der Waals surface area contributed by atoms with Crippen LogP contribution in [0.2, 0.25) is 0 Å². The van der Waals surface area contributed by atoms with Crippen LogP contribution in [-0.2, 0) is 22.6 Å². The molecule has 0 aliphatic heterocycles. The second-order valence-corrected chi connectivity index (χ2v) is 7.64. The van der Waals surface area contributed by atoms with Crippen LogP contribution in [0.5, 0.6) is 0 Å². The zero-order valence-corrected chi connectivity index (χ0v) is 17.3. The molecule has 2 amide bonds. The fourth-order valence-corrected chi connectivity index (χ4v) is 3.57. The zero-order valence-electron chi connectivity index (χ0n) is 16.4. The minimum Gasteiger partial charge on any atom is -0.354 e. The number of aryl methyl sites for hydroxylation is 2. The van der Waals surface area contributed by atoms with Crippen LogP contribution in [0.4, 0.5) is 5.69 Å². The Hall–Kier alpha value is -3.07. The van der Waals surface area contributed by atoms with Crippen LogP contribution in [0, 0.1) is 13.8 Å². The molecule has 1 aromatic carbocycles. The van der Waals surface area contributed by atoms with Gasteiger partial charge in [0.25, 0.3) is 0 Å². The maximum absolute atomic E-state index is 12.1. The SMILES string of the molecule is Cc1n[nH]c(C)c1CCNC(=O)Cn1cc(NC(=O)CSc2ccccc2)cn1. The number of anilines is 1. The molecule has 2 heterocycles. The first-order chi connectivity index (χ1) is 14.0. The van der Waals surface area contributed by atoms with Gasteiger partial charge in [0.2, 0.25) is 11.8 Å². The third-order valence-electron chi connectivity index (χ3n) is 4.31. The van der Waals surface area contributed by atoms with E-state index in [9.17, 15) is 9.59 Å². The molecule has 0 spiro atoms. The molecule has 0 radical (unpaired) electrons. The van der Waals surface area contributed by atoms with Gasteiger partial charge in [-0.3, -0.25) is 19.4 Å². The Morgan fingerprint density at radius 3 is 2.69 bits per heavy atom. The molecule has 0 aliphatic rings. The molecule has 3 rings (SSSR count). The average molecular weight is 413 g/mol. The van der Waals surface area contributed by atoms with E-state index in [2.05, 4.69) is 25.9 Å². The highest BCUT2D eigenvalue weighted by Gasteiger charge is 2.09. The molecule has 0 atom stereocenters. The Balaban J connectivity index is 1.40. The van der Waals surface area contributed by atoms with Crippen LogP contribution < -0.4 is 10.6 Å². The van der Waals surface area contributed by atoms with Crippen molar-refractivity contribution in [2.75, 3.05) is 17.6 Å². The lowest BCUT2D eigenvalue weighted by Gasteiger charge is -2.06. The van der Waals surface area contributed by atoms with Gasteiger partial charge in [-0.25, -0.2) is 0 Å². The number of benzene rings is 1. The van der Waals surface area contributed by atoms with Crippen molar-refractivity contribution >= 4 is 29.3 Å². The third kappa shape index (κ3) is 6.21. The summed E-state index contributed by atoms with van der Waals surface area (Å²) in [7, 11) is 0. The Morgan fingerprint density at radius 1 is 1.17 bits per heavy atom. The lowest BCUT2D eigenvalue weighted by Crippen LogP contribution is -2.29. The second kappa shape index (κ2) is 9.92. The molecule has 8 nitrogen and oxygen atoms in total. The lowest BCUT2D eigenvalue weighted by molar-refractivity contribution is -0.121. The molecular weight excluding hydrogens is 388 g/mol. The Bertz CT molecular complexity index is 947. The first-order valence-electron chi connectivity index (χ1n) is 9.28. The number of nitrogens with zero attached hydrogens (tertiary/aromatic N) is 3. The van der Waals surface area contributed by atoms with Gasteiger partial charge in [-0.15, -0.1) is 11.8 Å². The molecule has 0 bridgehead atoms. The van der Waals surface area contributed by atoms with E-state index in [0.29, 0.717) is 18.0 Å². The number of carbonyl (C=O) groups is 2. The number of amides is 2. The van der Waals surface area contributed by atoms with E-state index in [0.717, 1.165) is 28.3 Å². The molecule has 2 aromatic heterocycles. The molecule has 3 N–H and O–H groups in total. The summed E-state index contributed by atoms with van der Waals surface area (Å²) in [6, 6.07) is 9.74. The molecule has 0 saturated heterocycles. The summed E-state index contributed by atoms with van der Waals surface area (Å²) < 4.78 is 1.50. The largest absolute Gasteiger partial charge is 0.354 e. The van der Waals surface area contributed by atoms with Gasteiger partial charge in [0.15, 0.2) is 0 Å². The van der Waals surface area contributed by atoms with E-state index in [1.54, 1.807) is 6.20 Å². The maximum Gasteiger partial charge on any atom is 0.241 e. The van der Waals surface area contributed by atoms with Crippen LogP contribution >= 0.6 is 11.8 Å². The number of rotatable bonds is 9. The number of hydrogen-bond donors (Lipinski definition) is 3. The second-order valence-electron chi connectivity index (χ2n) is 6.59. The summed E-state index contributed by atoms with van der Waals surface area (Å²) in [6.07, 6.45) is 3.91. The van der Waals surface area contributed by atoms with Crippen LogP contribution in [0.25, 0.3) is 0 Å². The minimum absolute atomic E-state index is 0.0952. The topological polar surface area (TPSA) is 105 Å². The highest BCUT2D eigenvalue weighted by Crippen LogP contribution is 2.17. The van der Waals surface area contributed by atoms with Gasteiger partial charge >= 0.3 is 0 Å². The quantitative estimate of drug-likeness (QED) is 0.468. The highest BCUT2D eigenvalue weighted by molar-refractivity contribution is 8.00. The van der Waals surface area contributed by atoms with Crippen molar-refractivity contribution in [1.82, 2.24) is 25.3 Å². The highest BCUT2D eigenvalue weighted by atomic mass is 32.2. The molecule has 29 heavy (non-hydrogen) atoms. The monoisotopic (exact) mass is 412 g/mol. The predicted octanol–water partition coefficient (Wildman–Crippen LogP) is 2.31. The van der Waals surface area contributed by atoms with Crippen molar-refractivity contribution < 1.29 is 9.59 Å². The fourth-order valence-electron chi connectivity index (χ4n) is 2.85. The van der Waals surface area contributed by atoms with Gasteiger partial charge in [0.1, 0.15) is 6.54 Å². The van der Waals surface area contributed by atoms with E-state index >= 15 is 0 Å². The van der Waals surface area contributed by atoms with E-state index < -0.39 is 0 Å². The molecule has 0 aliphatic carbocycles. The summed E-state index contributed by atoms with van der Waals surface area (Å²) in [6.45, 7) is 4.53. The first kappa shape index (κ1) is 20.7. The van der Waals surface area contributed by atoms with Crippen LogP contribution in [0.15, 0.2) is 47.6 Å². The van der Waals surface area contributed by atoms with E-state index in [1.165, 1.54) is 22.6 Å². The molecule has 9 heteroatoms. The van der Waals surface area contributed by atoms with Crippen molar-refractivity contribution in [3.05, 3.63) is 59.7 Å². The summed E-state index contributed by atoms with van der Waals surface area (Å²) in [4.78, 5) is 25.2. The van der Waals surface area contributed by atoms with Gasteiger partial charge in [-0.2, -0.15) is 10.2 Å². The van der Waals surface area contributed by atoms with E-state index in [1.807, 2.05) is 44.2 Å². The summed E-state index contributed by atoms with van der Waals surface area (Å²) >= 11 is 1.46. The van der Waals surface area contributed by atoms with Gasteiger partial charge in [0.05, 0.1) is 23.3 Å².